The molecule has 0 bridgehead atoms. The Kier molecular flexibility index (Phi) is 5.41. The number of fused-ring (bicyclic) bond motifs is 1. The highest BCUT2D eigenvalue weighted by Gasteiger charge is 2.32. The van der Waals surface area contributed by atoms with Gasteiger partial charge in [0.05, 0.1) is 51.9 Å². The Balaban J connectivity index is 1.64. The molecule has 8 nitrogen and oxygen atoms in total. The van der Waals surface area contributed by atoms with E-state index in [9.17, 15) is 13.2 Å². The van der Waals surface area contributed by atoms with Crippen molar-refractivity contribution in [3.8, 4) is 16.3 Å². The van der Waals surface area contributed by atoms with Gasteiger partial charge in [0.25, 0.3) is 5.91 Å². The van der Waals surface area contributed by atoms with Crippen LogP contribution >= 0.6 is 11.3 Å². The first-order valence-corrected chi connectivity index (χ1v) is 13.1. The van der Waals surface area contributed by atoms with E-state index in [1.165, 1.54) is 11.3 Å². The number of benzene rings is 1. The summed E-state index contributed by atoms with van der Waals surface area (Å²) in [7, 11) is -1.54. The normalized spacial score (nSPS) is 17.3. The van der Waals surface area contributed by atoms with Gasteiger partial charge in [-0.05, 0) is 43.0 Å². The second-order valence-corrected chi connectivity index (χ2v) is 11.2. The van der Waals surface area contributed by atoms with Crippen LogP contribution < -0.4 is 10.1 Å². The number of sulfone groups is 1. The van der Waals surface area contributed by atoms with Gasteiger partial charge in [-0.15, -0.1) is 11.3 Å². The summed E-state index contributed by atoms with van der Waals surface area (Å²) < 4.78 is 31.2. The van der Waals surface area contributed by atoms with E-state index in [-0.39, 0.29) is 23.5 Å². The predicted molar refractivity (Wildman–Crippen MR) is 129 cm³/mol. The smallest absolute Gasteiger partial charge is 0.256 e. The first-order valence-electron chi connectivity index (χ1n) is 10.4. The van der Waals surface area contributed by atoms with Crippen molar-refractivity contribution >= 4 is 43.8 Å². The fourth-order valence-corrected chi connectivity index (χ4v) is 6.54. The summed E-state index contributed by atoms with van der Waals surface area (Å²) in [5, 5.41) is 10.1. The molecular formula is C23H22N4O4S2. The molecule has 5 rings (SSSR count). The lowest BCUT2D eigenvalue weighted by Gasteiger charge is -2.12. The topological polar surface area (TPSA) is 103 Å². The van der Waals surface area contributed by atoms with Crippen molar-refractivity contribution in [3.05, 3.63) is 59.1 Å². The van der Waals surface area contributed by atoms with Gasteiger partial charge < -0.3 is 10.1 Å². The number of nitrogens with one attached hydrogen (secondary N) is 1. The Morgan fingerprint density at radius 3 is 2.79 bits per heavy atom. The van der Waals surface area contributed by atoms with Crippen molar-refractivity contribution in [3.63, 3.8) is 0 Å². The Morgan fingerprint density at radius 2 is 2.09 bits per heavy atom. The van der Waals surface area contributed by atoms with Crippen molar-refractivity contribution in [1.29, 1.82) is 0 Å². The van der Waals surface area contributed by atoms with Crippen molar-refractivity contribution in [2.75, 3.05) is 23.9 Å². The van der Waals surface area contributed by atoms with Gasteiger partial charge in [-0.3, -0.25) is 4.79 Å². The van der Waals surface area contributed by atoms with Crippen molar-refractivity contribution in [1.82, 2.24) is 14.8 Å². The number of ether oxygens (including phenoxy) is 1. The maximum Gasteiger partial charge on any atom is 0.256 e. The van der Waals surface area contributed by atoms with E-state index in [1.54, 1.807) is 42.1 Å². The lowest BCUT2D eigenvalue weighted by molar-refractivity contribution is 0.102. The van der Waals surface area contributed by atoms with Crippen LogP contribution in [-0.2, 0) is 9.84 Å². The molecule has 4 aromatic rings. The number of hydrogen-bond donors (Lipinski definition) is 1. The zero-order chi connectivity index (χ0) is 23.2. The van der Waals surface area contributed by atoms with E-state index >= 15 is 0 Å². The van der Waals surface area contributed by atoms with Crippen molar-refractivity contribution in [2.24, 2.45) is 0 Å². The van der Waals surface area contributed by atoms with E-state index < -0.39 is 9.84 Å². The van der Waals surface area contributed by atoms with Gasteiger partial charge in [0.2, 0.25) is 0 Å². The number of methoxy groups -OCH3 is 1. The third kappa shape index (κ3) is 4.11. The minimum absolute atomic E-state index is 0.0273. The molecule has 1 saturated heterocycles. The highest BCUT2D eigenvalue weighted by atomic mass is 32.2. The van der Waals surface area contributed by atoms with Crippen LogP contribution in [0.2, 0.25) is 0 Å². The predicted octanol–water partition coefficient (Wildman–Crippen LogP) is 4.09. The van der Waals surface area contributed by atoms with Crippen LogP contribution in [0.1, 0.15) is 28.5 Å². The number of anilines is 1. The number of pyridine rings is 1. The molecule has 1 aromatic carbocycles. The second-order valence-electron chi connectivity index (χ2n) is 8.00. The van der Waals surface area contributed by atoms with Gasteiger partial charge >= 0.3 is 0 Å². The van der Waals surface area contributed by atoms with E-state index in [4.69, 9.17) is 9.72 Å². The SMILES string of the molecule is COc1cccc(NC(=O)c2cc(-c3cccs3)nc3c2c(C)nn3[C@H]2CCS(=O)(=O)C2)c1. The highest BCUT2D eigenvalue weighted by molar-refractivity contribution is 7.91. The van der Waals surface area contributed by atoms with Crippen LogP contribution in [0.15, 0.2) is 47.8 Å². The number of carbonyl (C=O) groups excluding carboxylic acids is 1. The molecule has 3 aromatic heterocycles. The summed E-state index contributed by atoms with van der Waals surface area (Å²) in [6, 6.07) is 12.5. The lowest BCUT2D eigenvalue weighted by atomic mass is 10.1. The molecule has 33 heavy (non-hydrogen) atoms. The van der Waals surface area contributed by atoms with Gasteiger partial charge in [-0.1, -0.05) is 12.1 Å². The zero-order valence-electron chi connectivity index (χ0n) is 18.1. The molecule has 0 radical (unpaired) electrons. The second kappa shape index (κ2) is 8.27. The number of hydrogen-bond acceptors (Lipinski definition) is 7. The average Bonchev–Trinajstić information content (AvgIpc) is 3.52. The first-order chi connectivity index (χ1) is 15.8. The van der Waals surface area contributed by atoms with Gasteiger partial charge in [-0.2, -0.15) is 5.10 Å². The summed E-state index contributed by atoms with van der Waals surface area (Å²) in [5.74, 6) is 0.499. The number of rotatable bonds is 5. The third-order valence-electron chi connectivity index (χ3n) is 5.74. The fraction of sp³-hybridized carbons (Fsp3) is 0.261. The molecule has 170 valence electrons. The Hall–Kier alpha value is -3.24. The van der Waals surface area contributed by atoms with Crippen molar-refractivity contribution < 1.29 is 17.9 Å². The minimum atomic E-state index is -3.11. The molecule has 1 aliphatic rings. The Bertz CT molecular complexity index is 1460. The van der Waals surface area contributed by atoms with Gasteiger partial charge in [0, 0.05) is 11.8 Å². The molecule has 1 N–H and O–H groups in total. The largest absolute Gasteiger partial charge is 0.497 e. The van der Waals surface area contributed by atoms with Crippen molar-refractivity contribution in [2.45, 2.75) is 19.4 Å². The van der Waals surface area contributed by atoms with Gasteiger partial charge in [0.15, 0.2) is 15.5 Å². The third-order valence-corrected chi connectivity index (χ3v) is 8.38. The van der Waals surface area contributed by atoms with Crippen LogP contribution in [0.4, 0.5) is 5.69 Å². The molecule has 0 spiro atoms. The summed E-state index contributed by atoms with van der Waals surface area (Å²) in [5.41, 5.74) is 2.85. The monoisotopic (exact) mass is 482 g/mol. The number of nitrogens with zero attached hydrogens (tertiary/aromatic N) is 3. The number of amides is 1. The maximum atomic E-state index is 13.4. The number of aromatic nitrogens is 3. The summed E-state index contributed by atoms with van der Waals surface area (Å²) in [4.78, 5) is 19.2. The molecule has 0 unspecified atom stereocenters. The number of aryl methyl sites for hydroxylation is 1. The van der Waals surface area contributed by atoms with Crippen LogP contribution in [0.5, 0.6) is 5.75 Å². The maximum absolute atomic E-state index is 13.4. The van der Waals surface area contributed by atoms with Crippen LogP contribution in [-0.4, -0.2) is 47.7 Å². The van der Waals surface area contributed by atoms with E-state index in [2.05, 4.69) is 10.4 Å². The molecule has 1 aliphatic heterocycles. The minimum Gasteiger partial charge on any atom is -0.497 e. The Morgan fingerprint density at radius 1 is 1.24 bits per heavy atom. The molecule has 4 heterocycles. The quantitative estimate of drug-likeness (QED) is 0.460. The fourth-order valence-electron chi connectivity index (χ4n) is 4.16. The van der Waals surface area contributed by atoms with Gasteiger partial charge in [-0.25, -0.2) is 18.1 Å². The first kappa shape index (κ1) is 21.6. The molecular weight excluding hydrogens is 460 g/mol. The zero-order valence-corrected chi connectivity index (χ0v) is 19.7. The average molecular weight is 483 g/mol. The highest BCUT2D eigenvalue weighted by Crippen LogP contribution is 2.33. The van der Waals surface area contributed by atoms with Crippen LogP contribution in [0, 0.1) is 6.92 Å². The molecule has 0 aliphatic carbocycles. The number of thiophene rings is 1. The molecule has 0 saturated carbocycles. The van der Waals surface area contributed by atoms with Crippen LogP contribution in [0.25, 0.3) is 21.6 Å². The molecule has 1 atom stereocenters. The molecule has 10 heteroatoms. The number of carbonyl (C=O) groups is 1. The summed E-state index contributed by atoms with van der Waals surface area (Å²) in [6.07, 6.45) is 0.481. The standard InChI is InChI=1S/C23H22N4O4S2/c1-14-21-18(23(28)24-15-5-3-6-17(11-15)31-2)12-19(20-7-4-9-32-20)25-22(21)27(26-14)16-8-10-33(29,30)13-16/h3-7,9,11-12,16H,8,10,13H2,1-2H3,(H,24,28)/t16-/m0/s1. The van der Waals surface area contributed by atoms with E-state index in [0.717, 1.165) is 4.88 Å². The summed E-state index contributed by atoms with van der Waals surface area (Å²) in [6.45, 7) is 1.82. The van der Waals surface area contributed by atoms with E-state index in [1.807, 2.05) is 24.4 Å². The lowest BCUT2D eigenvalue weighted by Crippen LogP contribution is -2.15. The molecule has 1 amide bonds. The summed E-state index contributed by atoms with van der Waals surface area (Å²) >= 11 is 1.52. The Labute approximate surface area is 195 Å². The van der Waals surface area contributed by atoms with Crippen LogP contribution in [0.3, 0.4) is 0 Å². The van der Waals surface area contributed by atoms with Gasteiger partial charge in [0.1, 0.15) is 5.75 Å². The molecule has 1 fully saturated rings. The van der Waals surface area contributed by atoms with E-state index in [0.29, 0.717) is 45.8 Å².